The van der Waals surface area contributed by atoms with E-state index in [0.717, 1.165) is 13.1 Å². The first-order valence-corrected chi connectivity index (χ1v) is 6.12. The van der Waals surface area contributed by atoms with Crippen LogP contribution < -0.4 is 5.32 Å². The molecular formula is C12H19N3O2. The number of hydrogen-bond donors (Lipinski definition) is 1. The Kier molecular flexibility index (Phi) is 3.78. The van der Waals surface area contributed by atoms with Crippen LogP contribution >= 0.6 is 0 Å². The molecular weight excluding hydrogens is 218 g/mol. The molecule has 0 unspecified atom stereocenters. The summed E-state index contributed by atoms with van der Waals surface area (Å²) in [6.07, 6.45) is 2.53. The van der Waals surface area contributed by atoms with Crippen molar-refractivity contribution in [1.82, 2.24) is 15.4 Å². The molecule has 1 atom stereocenters. The first kappa shape index (κ1) is 12.1. The van der Waals surface area contributed by atoms with Crippen molar-refractivity contribution in [2.75, 3.05) is 19.6 Å². The molecule has 17 heavy (non-hydrogen) atoms. The Hall–Kier alpha value is -1.36. The van der Waals surface area contributed by atoms with Crippen LogP contribution in [-0.4, -0.2) is 41.6 Å². The summed E-state index contributed by atoms with van der Waals surface area (Å²) in [5.41, 5.74) is 0.358. The number of nitrogens with one attached hydrogen (secondary N) is 1. The number of aryl methyl sites for hydroxylation is 1. The summed E-state index contributed by atoms with van der Waals surface area (Å²) in [4.78, 5) is 14.1. The number of rotatable bonds is 4. The van der Waals surface area contributed by atoms with E-state index in [1.54, 1.807) is 13.0 Å². The van der Waals surface area contributed by atoms with Gasteiger partial charge in [-0.05, 0) is 39.8 Å². The zero-order valence-corrected chi connectivity index (χ0v) is 10.4. The third-order valence-corrected chi connectivity index (χ3v) is 3.18. The van der Waals surface area contributed by atoms with Gasteiger partial charge >= 0.3 is 0 Å². The standard InChI is InChI=1S/C12H19N3O2/c1-9(15-5-3-4-6-15)8-13-12(16)11-7-10(2)17-14-11/h7,9H,3-6,8H2,1-2H3,(H,13,16)/t9-/m1/s1. The van der Waals surface area contributed by atoms with Crippen molar-refractivity contribution in [3.8, 4) is 0 Å². The number of likely N-dealkylation sites (tertiary alicyclic amines) is 1. The Bertz CT molecular complexity index is 383. The first-order chi connectivity index (χ1) is 8.16. The average Bonchev–Trinajstić information content (AvgIpc) is 2.95. The van der Waals surface area contributed by atoms with E-state index in [1.807, 2.05) is 0 Å². The van der Waals surface area contributed by atoms with Crippen molar-refractivity contribution >= 4 is 5.91 Å². The number of amides is 1. The van der Waals surface area contributed by atoms with Crippen molar-refractivity contribution in [3.05, 3.63) is 17.5 Å². The van der Waals surface area contributed by atoms with Crippen molar-refractivity contribution in [1.29, 1.82) is 0 Å². The van der Waals surface area contributed by atoms with Crippen LogP contribution in [0.25, 0.3) is 0 Å². The second-order valence-corrected chi connectivity index (χ2v) is 4.62. The van der Waals surface area contributed by atoms with E-state index < -0.39 is 0 Å². The number of aromatic nitrogens is 1. The predicted octanol–water partition coefficient (Wildman–Crippen LogP) is 1.20. The molecule has 5 heteroatoms. The highest BCUT2D eigenvalue weighted by atomic mass is 16.5. The van der Waals surface area contributed by atoms with Crippen LogP contribution in [0.15, 0.2) is 10.6 Å². The zero-order chi connectivity index (χ0) is 12.3. The lowest BCUT2D eigenvalue weighted by Crippen LogP contribution is -2.40. The van der Waals surface area contributed by atoms with E-state index in [1.165, 1.54) is 12.8 Å². The van der Waals surface area contributed by atoms with Crippen LogP contribution in [0.2, 0.25) is 0 Å². The van der Waals surface area contributed by atoms with Crippen LogP contribution in [0.4, 0.5) is 0 Å². The predicted molar refractivity (Wildman–Crippen MR) is 63.8 cm³/mol. The van der Waals surface area contributed by atoms with Gasteiger partial charge in [-0.1, -0.05) is 5.16 Å². The Morgan fingerprint density at radius 1 is 1.59 bits per heavy atom. The Labute approximate surface area is 101 Å². The lowest BCUT2D eigenvalue weighted by Gasteiger charge is -2.23. The monoisotopic (exact) mass is 237 g/mol. The van der Waals surface area contributed by atoms with E-state index in [2.05, 4.69) is 22.3 Å². The van der Waals surface area contributed by atoms with Crippen molar-refractivity contribution in [2.24, 2.45) is 0 Å². The molecule has 1 saturated heterocycles. The van der Waals surface area contributed by atoms with E-state index in [0.29, 0.717) is 24.0 Å². The smallest absolute Gasteiger partial charge is 0.273 e. The lowest BCUT2D eigenvalue weighted by molar-refractivity contribution is 0.0931. The fourth-order valence-corrected chi connectivity index (χ4v) is 2.12. The van der Waals surface area contributed by atoms with Gasteiger partial charge in [0.25, 0.3) is 5.91 Å². The fourth-order valence-electron chi connectivity index (χ4n) is 2.12. The van der Waals surface area contributed by atoms with Crippen LogP contribution in [0.1, 0.15) is 36.0 Å². The van der Waals surface area contributed by atoms with Crippen molar-refractivity contribution in [2.45, 2.75) is 32.7 Å². The molecule has 1 N–H and O–H groups in total. The molecule has 94 valence electrons. The molecule has 1 aliphatic heterocycles. The van der Waals surface area contributed by atoms with Crippen LogP contribution in [0.5, 0.6) is 0 Å². The highest BCUT2D eigenvalue weighted by Crippen LogP contribution is 2.10. The highest BCUT2D eigenvalue weighted by Gasteiger charge is 2.19. The molecule has 0 aromatic carbocycles. The maximum absolute atomic E-state index is 11.7. The van der Waals surface area contributed by atoms with Gasteiger partial charge in [-0.25, -0.2) is 0 Å². The molecule has 0 saturated carbocycles. The molecule has 1 aromatic rings. The maximum Gasteiger partial charge on any atom is 0.273 e. The van der Waals surface area contributed by atoms with Crippen molar-refractivity contribution in [3.63, 3.8) is 0 Å². The number of carbonyl (C=O) groups is 1. The van der Waals surface area contributed by atoms with Gasteiger partial charge in [-0.2, -0.15) is 0 Å². The van der Waals surface area contributed by atoms with E-state index in [9.17, 15) is 4.79 Å². The summed E-state index contributed by atoms with van der Waals surface area (Å²) in [5, 5.41) is 6.58. The minimum Gasteiger partial charge on any atom is -0.361 e. The summed E-state index contributed by atoms with van der Waals surface area (Å²) < 4.78 is 4.87. The largest absolute Gasteiger partial charge is 0.361 e. The summed E-state index contributed by atoms with van der Waals surface area (Å²) >= 11 is 0. The number of carbonyl (C=O) groups excluding carboxylic acids is 1. The van der Waals surface area contributed by atoms with Crippen LogP contribution in [0, 0.1) is 6.92 Å². The second kappa shape index (κ2) is 5.31. The third-order valence-electron chi connectivity index (χ3n) is 3.18. The number of nitrogens with zero attached hydrogens (tertiary/aromatic N) is 2. The van der Waals surface area contributed by atoms with E-state index in [-0.39, 0.29) is 5.91 Å². The first-order valence-electron chi connectivity index (χ1n) is 6.12. The molecule has 2 heterocycles. The highest BCUT2D eigenvalue weighted by molar-refractivity contribution is 5.92. The van der Waals surface area contributed by atoms with Crippen molar-refractivity contribution < 1.29 is 9.32 Å². The van der Waals surface area contributed by atoms with Gasteiger partial charge in [0.15, 0.2) is 5.69 Å². The quantitative estimate of drug-likeness (QED) is 0.854. The molecule has 1 aromatic heterocycles. The van der Waals surface area contributed by atoms with Gasteiger partial charge in [0.1, 0.15) is 5.76 Å². The minimum atomic E-state index is -0.159. The summed E-state index contributed by atoms with van der Waals surface area (Å²) in [6, 6.07) is 2.03. The molecule has 1 fully saturated rings. The summed E-state index contributed by atoms with van der Waals surface area (Å²) in [5.74, 6) is 0.496. The molecule has 0 spiro atoms. The summed E-state index contributed by atoms with van der Waals surface area (Å²) in [6.45, 7) is 6.85. The third kappa shape index (κ3) is 3.06. The molecule has 5 nitrogen and oxygen atoms in total. The molecule has 1 amide bonds. The molecule has 0 bridgehead atoms. The molecule has 0 aliphatic carbocycles. The van der Waals surface area contributed by atoms with Gasteiger partial charge in [-0.3, -0.25) is 9.69 Å². The molecule has 1 aliphatic rings. The summed E-state index contributed by atoms with van der Waals surface area (Å²) in [7, 11) is 0. The fraction of sp³-hybridized carbons (Fsp3) is 0.667. The normalized spacial score (nSPS) is 18.2. The van der Waals surface area contributed by atoms with Crippen LogP contribution in [-0.2, 0) is 0 Å². The van der Waals surface area contributed by atoms with E-state index >= 15 is 0 Å². The molecule has 0 radical (unpaired) electrons. The maximum atomic E-state index is 11.7. The zero-order valence-electron chi connectivity index (χ0n) is 10.4. The second-order valence-electron chi connectivity index (χ2n) is 4.62. The Morgan fingerprint density at radius 3 is 2.88 bits per heavy atom. The Morgan fingerprint density at radius 2 is 2.29 bits per heavy atom. The average molecular weight is 237 g/mol. The Balaban J connectivity index is 1.79. The topological polar surface area (TPSA) is 58.4 Å². The SMILES string of the molecule is Cc1cc(C(=O)NC[C@@H](C)N2CCCC2)no1. The van der Waals surface area contributed by atoms with Gasteiger partial charge in [0.05, 0.1) is 0 Å². The van der Waals surface area contributed by atoms with Gasteiger partial charge < -0.3 is 9.84 Å². The molecule has 2 rings (SSSR count). The van der Waals surface area contributed by atoms with E-state index in [4.69, 9.17) is 4.52 Å². The van der Waals surface area contributed by atoms with Gasteiger partial charge in [-0.15, -0.1) is 0 Å². The van der Waals surface area contributed by atoms with Gasteiger partial charge in [0, 0.05) is 18.7 Å². The lowest BCUT2D eigenvalue weighted by atomic mass is 10.3. The van der Waals surface area contributed by atoms with Crippen LogP contribution in [0.3, 0.4) is 0 Å². The van der Waals surface area contributed by atoms with Gasteiger partial charge in [0.2, 0.25) is 0 Å². The minimum absolute atomic E-state index is 0.159. The number of hydrogen-bond acceptors (Lipinski definition) is 4.